The summed E-state index contributed by atoms with van der Waals surface area (Å²) in [6.07, 6.45) is 3.53. The molecule has 0 aromatic rings. The van der Waals surface area contributed by atoms with Crippen LogP contribution in [0.5, 0.6) is 0 Å². The second-order valence-corrected chi connectivity index (χ2v) is 6.19. The Kier molecular flexibility index (Phi) is 4.52. The third kappa shape index (κ3) is 3.23. The maximum Gasteiger partial charge on any atom is 0.319 e. The summed E-state index contributed by atoms with van der Waals surface area (Å²) in [6, 6.07) is -0.0901. The molecule has 1 N–H and O–H groups in total. The molecule has 0 saturated carbocycles. The average Bonchev–Trinajstić information content (AvgIpc) is 2.90. The molecule has 0 aliphatic carbocycles. The number of carbonyl (C=O) groups excluding carboxylic acids is 1. The number of likely N-dealkylation sites (tertiary alicyclic amines) is 1. The highest BCUT2D eigenvalue weighted by molar-refractivity contribution is 5.78. The lowest BCUT2D eigenvalue weighted by Gasteiger charge is -2.39. The fourth-order valence-corrected chi connectivity index (χ4v) is 2.99. The molecule has 2 saturated heterocycles. The Bertz CT molecular complexity index is 381. The molecule has 2 heterocycles. The molecular formula is C14H24N2O4. The van der Waals surface area contributed by atoms with Gasteiger partial charge in [0.05, 0.1) is 11.5 Å². The molecule has 2 fully saturated rings. The summed E-state index contributed by atoms with van der Waals surface area (Å²) in [5.74, 6) is -0.822. The van der Waals surface area contributed by atoms with Crippen molar-refractivity contribution in [1.82, 2.24) is 9.80 Å². The largest absolute Gasteiger partial charge is 0.481 e. The van der Waals surface area contributed by atoms with Crippen molar-refractivity contribution >= 4 is 12.0 Å². The Morgan fingerprint density at radius 1 is 1.45 bits per heavy atom. The topological polar surface area (TPSA) is 70.1 Å². The van der Waals surface area contributed by atoms with Gasteiger partial charge in [0.25, 0.3) is 0 Å². The number of aliphatic carboxylic acids is 1. The number of rotatable bonds is 3. The summed E-state index contributed by atoms with van der Waals surface area (Å²) in [4.78, 5) is 27.0. The van der Waals surface area contributed by atoms with Gasteiger partial charge >= 0.3 is 12.0 Å². The van der Waals surface area contributed by atoms with E-state index in [0.29, 0.717) is 19.5 Å². The van der Waals surface area contributed by atoms with Crippen LogP contribution in [0, 0.1) is 5.41 Å². The highest BCUT2D eigenvalue weighted by atomic mass is 16.5. The Labute approximate surface area is 119 Å². The van der Waals surface area contributed by atoms with E-state index in [1.807, 2.05) is 0 Å². The zero-order valence-corrected chi connectivity index (χ0v) is 12.3. The molecule has 114 valence electrons. The maximum atomic E-state index is 12.4. The van der Waals surface area contributed by atoms with E-state index in [9.17, 15) is 14.7 Å². The number of carboxylic acids is 1. The third-order valence-electron chi connectivity index (χ3n) is 4.31. The summed E-state index contributed by atoms with van der Waals surface area (Å²) >= 11 is 0. The molecule has 2 atom stereocenters. The molecule has 0 aromatic carbocycles. The van der Waals surface area contributed by atoms with E-state index < -0.39 is 11.4 Å². The Hall–Kier alpha value is -1.30. The molecule has 0 spiro atoms. The second kappa shape index (κ2) is 5.99. The van der Waals surface area contributed by atoms with Gasteiger partial charge in [-0.15, -0.1) is 0 Å². The first-order chi connectivity index (χ1) is 9.42. The Morgan fingerprint density at radius 3 is 2.80 bits per heavy atom. The fourth-order valence-electron chi connectivity index (χ4n) is 2.99. The van der Waals surface area contributed by atoms with Crippen LogP contribution < -0.4 is 0 Å². The number of carboxylic acid groups (broad SMARTS) is 1. The van der Waals surface area contributed by atoms with Gasteiger partial charge in [-0.05, 0) is 32.6 Å². The minimum atomic E-state index is -0.822. The van der Waals surface area contributed by atoms with Gasteiger partial charge in [-0.1, -0.05) is 0 Å². The number of likely N-dealkylation sites (N-methyl/N-ethyl adjacent to an activating group) is 1. The summed E-state index contributed by atoms with van der Waals surface area (Å²) in [5, 5.41) is 9.29. The standard InChI is InChI=1S/C14H24N2O4/c1-14(12(17)18)6-4-7-16(10-14)13(19)15(2)9-11-5-3-8-20-11/h11H,3-10H2,1-2H3,(H,17,18). The van der Waals surface area contributed by atoms with Gasteiger partial charge < -0.3 is 19.6 Å². The number of hydrogen-bond donors (Lipinski definition) is 1. The number of carbonyl (C=O) groups is 2. The van der Waals surface area contributed by atoms with Crippen molar-refractivity contribution in [2.45, 2.75) is 38.7 Å². The molecule has 2 rings (SSSR count). The van der Waals surface area contributed by atoms with Crippen molar-refractivity contribution in [1.29, 1.82) is 0 Å². The van der Waals surface area contributed by atoms with Crippen LogP contribution in [0.15, 0.2) is 0 Å². The van der Waals surface area contributed by atoms with Crippen molar-refractivity contribution in [3.63, 3.8) is 0 Å². The maximum absolute atomic E-state index is 12.4. The normalized spacial score (nSPS) is 30.3. The van der Waals surface area contributed by atoms with Gasteiger partial charge in [-0.3, -0.25) is 4.79 Å². The van der Waals surface area contributed by atoms with Crippen LogP contribution in [-0.4, -0.2) is 66.3 Å². The van der Waals surface area contributed by atoms with E-state index in [2.05, 4.69) is 0 Å². The lowest BCUT2D eigenvalue weighted by atomic mass is 9.82. The lowest BCUT2D eigenvalue weighted by molar-refractivity contribution is -0.150. The van der Waals surface area contributed by atoms with Crippen molar-refractivity contribution in [3.8, 4) is 0 Å². The van der Waals surface area contributed by atoms with Crippen LogP contribution in [-0.2, 0) is 9.53 Å². The van der Waals surface area contributed by atoms with E-state index >= 15 is 0 Å². The summed E-state index contributed by atoms with van der Waals surface area (Å²) in [6.45, 7) is 4.00. The predicted molar refractivity (Wildman–Crippen MR) is 73.5 cm³/mol. The van der Waals surface area contributed by atoms with E-state index in [1.54, 1.807) is 23.8 Å². The van der Waals surface area contributed by atoms with Crippen LogP contribution in [0.3, 0.4) is 0 Å². The van der Waals surface area contributed by atoms with Crippen LogP contribution in [0.1, 0.15) is 32.6 Å². The zero-order chi connectivity index (χ0) is 14.8. The molecule has 0 radical (unpaired) electrons. The molecule has 2 aliphatic heterocycles. The molecule has 2 amide bonds. The van der Waals surface area contributed by atoms with Gasteiger partial charge in [0.2, 0.25) is 0 Å². The number of amides is 2. The quantitative estimate of drug-likeness (QED) is 0.850. The van der Waals surface area contributed by atoms with E-state index in [0.717, 1.165) is 25.9 Å². The van der Waals surface area contributed by atoms with Gasteiger partial charge in [0.1, 0.15) is 0 Å². The third-order valence-corrected chi connectivity index (χ3v) is 4.31. The molecule has 2 unspecified atom stereocenters. The van der Waals surface area contributed by atoms with Gasteiger partial charge in [0.15, 0.2) is 0 Å². The monoisotopic (exact) mass is 284 g/mol. The van der Waals surface area contributed by atoms with E-state index in [1.165, 1.54) is 0 Å². The summed E-state index contributed by atoms with van der Waals surface area (Å²) in [7, 11) is 1.76. The van der Waals surface area contributed by atoms with E-state index in [-0.39, 0.29) is 18.7 Å². The molecule has 2 aliphatic rings. The number of nitrogens with zero attached hydrogens (tertiary/aromatic N) is 2. The van der Waals surface area contributed by atoms with Crippen LogP contribution in [0.4, 0.5) is 4.79 Å². The molecule has 0 bridgehead atoms. The average molecular weight is 284 g/mol. The fraction of sp³-hybridized carbons (Fsp3) is 0.857. The first kappa shape index (κ1) is 15.1. The number of hydrogen-bond acceptors (Lipinski definition) is 3. The van der Waals surface area contributed by atoms with Crippen LogP contribution in [0.25, 0.3) is 0 Å². The lowest BCUT2D eigenvalue weighted by Crippen LogP contribution is -2.52. The molecule has 20 heavy (non-hydrogen) atoms. The van der Waals surface area contributed by atoms with Crippen LogP contribution >= 0.6 is 0 Å². The highest BCUT2D eigenvalue weighted by Crippen LogP contribution is 2.30. The number of urea groups is 1. The molecule has 6 nitrogen and oxygen atoms in total. The van der Waals surface area contributed by atoms with Gasteiger partial charge in [0, 0.05) is 33.3 Å². The summed E-state index contributed by atoms with van der Waals surface area (Å²) < 4.78 is 5.53. The second-order valence-electron chi connectivity index (χ2n) is 6.19. The Morgan fingerprint density at radius 2 is 2.20 bits per heavy atom. The Balaban J connectivity index is 1.92. The zero-order valence-electron chi connectivity index (χ0n) is 12.3. The van der Waals surface area contributed by atoms with Gasteiger partial charge in [-0.2, -0.15) is 0 Å². The van der Waals surface area contributed by atoms with Crippen molar-refractivity contribution in [2.75, 3.05) is 33.3 Å². The molecular weight excluding hydrogens is 260 g/mol. The van der Waals surface area contributed by atoms with Crippen LogP contribution in [0.2, 0.25) is 0 Å². The first-order valence-electron chi connectivity index (χ1n) is 7.27. The minimum absolute atomic E-state index is 0.0901. The number of piperidine rings is 1. The first-order valence-corrected chi connectivity index (χ1v) is 7.27. The highest BCUT2D eigenvalue weighted by Gasteiger charge is 2.40. The summed E-state index contributed by atoms with van der Waals surface area (Å²) in [5.41, 5.74) is -0.821. The molecule has 0 aromatic heterocycles. The molecule has 6 heteroatoms. The SMILES string of the molecule is CN(CC1CCCO1)C(=O)N1CCCC(C)(C(=O)O)C1. The number of ether oxygens (including phenoxy) is 1. The smallest absolute Gasteiger partial charge is 0.319 e. The van der Waals surface area contributed by atoms with Crippen molar-refractivity contribution in [3.05, 3.63) is 0 Å². The van der Waals surface area contributed by atoms with E-state index in [4.69, 9.17) is 4.74 Å². The van der Waals surface area contributed by atoms with Crippen molar-refractivity contribution in [2.24, 2.45) is 5.41 Å². The predicted octanol–water partition coefficient (Wildman–Crippen LogP) is 1.40. The minimum Gasteiger partial charge on any atom is -0.481 e. The van der Waals surface area contributed by atoms with Crippen molar-refractivity contribution < 1.29 is 19.4 Å². The van der Waals surface area contributed by atoms with Gasteiger partial charge in [-0.25, -0.2) is 4.79 Å².